The SMILES string of the molecule is Cn1c2ccccc2c2cc(N(c3ccc4c5ccccc5n(C)c4c3)c3cc4c(c5ccccc35)-c3ccc(-c5cc6ccccc6c6ccccc56)cc3C4(C)C)ccc21. The van der Waals surface area contributed by atoms with E-state index < -0.39 is 0 Å². The number of aromatic nitrogens is 2. The van der Waals surface area contributed by atoms with E-state index >= 15 is 0 Å². The molecule has 62 heavy (non-hydrogen) atoms. The Morgan fingerprint density at radius 2 is 0.935 bits per heavy atom. The molecule has 0 radical (unpaired) electrons. The first-order valence-corrected chi connectivity index (χ1v) is 21.7. The largest absolute Gasteiger partial charge is 0.344 e. The Bertz CT molecular complexity index is 3880. The molecule has 13 rings (SSSR count). The minimum absolute atomic E-state index is 0.267. The number of rotatable bonds is 4. The summed E-state index contributed by atoms with van der Waals surface area (Å²) in [4.78, 5) is 2.52. The molecule has 2 heterocycles. The molecule has 0 spiro atoms. The Hall–Kier alpha value is -7.62. The van der Waals surface area contributed by atoms with Gasteiger partial charge in [0.15, 0.2) is 0 Å². The summed E-state index contributed by atoms with van der Waals surface area (Å²) >= 11 is 0. The highest BCUT2D eigenvalue weighted by atomic mass is 15.1. The highest BCUT2D eigenvalue weighted by Gasteiger charge is 2.38. The van der Waals surface area contributed by atoms with Crippen LogP contribution in [0.1, 0.15) is 25.0 Å². The lowest BCUT2D eigenvalue weighted by Crippen LogP contribution is -2.17. The molecule has 2 aromatic heterocycles. The molecule has 3 nitrogen and oxygen atoms in total. The van der Waals surface area contributed by atoms with E-state index in [1.54, 1.807) is 0 Å². The van der Waals surface area contributed by atoms with Crippen LogP contribution in [-0.4, -0.2) is 9.13 Å². The zero-order valence-corrected chi connectivity index (χ0v) is 35.2. The zero-order valence-electron chi connectivity index (χ0n) is 35.2. The highest BCUT2D eigenvalue weighted by Crippen LogP contribution is 2.56. The number of hydrogen-bond donors (Lipinski definition) is 0. The predicted octanol–water partition coefficient (Wildman–Crippen LogP) is 15.9. The molecular formula is C59H43N3. The lowest BCUT2D eigenvalue weighted by atomic mass is 9.80. The third-order valence-electron chi connectivity index (χ3n) is 14.3. The van der Waals surface area contributed by atoms with Gasteiger partial charge in [-0.05, 0) is 121 Å². The third-order valence-corrected chi connectivity index (χ3v) is 14.3. The second-order valence-electron chi connectivity index (χ2n) is 17.8. The van der Waals surface area contributed by atoms with Gasteiger partial charge in [0, 0.05) is 74.4 Å². The molecular weight excluding hydrogens is 751 g/mol. The topological polar surface area (TPSA) is 13.1 Å². The second-order valence-corrected chi connectivity index (χ2v) is 17.8. The summed E-state index contributed by atoms with van der Waals surface area (Å²) in [5.74, 6) is 0. The second kappa shape index (κ2) is 12.7. The molecule has 0 unspecified atom stereocenters. The Balaban J connectivity index is 1.06. The first-order valence-electron chi connectivity index (χ1n) is 21.7. The summed E-state index contributed by atoms with van der Waals surface area (Å²) in [7, 11) is 4.37. The zero-order chi connectivity index (χ0) is 41.4. The van der Waals surface area contributed by atoms with Gasteiger partial charge in [-0.25, -0.2) is 0 Å². The molecule has 1 aliphatic rings. The van der Waals surface area contributed by atoms with Gasteiger partial charge >= 0.3 is 0 Å². The van der Waals surface area contributed by atoms with E-state index in [1.807, 2.05) is 0 Å². The van der Waals surface area contributed by atoms with Crippen molar-refractivity contribution in [3.8, 4) is 22.3 Å². The van der Waals surface area contributed by atoms with Crippen molar-refractivity contribution in [3.63, 3.8) is 0 Å². The van der Waals surface area contributed by atoms with E-state index in [9.17, 15) is 0 Å². The van der Waals surface area contributed by atoms with E-state index in [1.165, 1.54) is 115 Å². The van der Waals surface area contributed by atoms with Gasteiger partial charge < -0.3 is 14.0 Å². The molecule has 294 valence electrons. The van der Waals surface area contributed by atoms with Crippen molar-refractivity contribution in [1.82, 2.24) is 9.13 Å². The minimum Gasteiger partial charge on any atom is -0.344 e. The summed E-state index contributed by atoms with van der Waals surface area (Å²) in [6.45, 7) is 4.85. The number of benzene rings is 10. The van der Waals surface area contributed by atoms with Gasteiger partial charge in [0.05, 0.1) is 11.2 Å². The number of hydrogen-bond acceptors (Lipinski definition) is 1. The molecule has 10 aromatic carbocycles. The molecule has 0 saturated carbocycles. The normalized spacial score (nSPS) is 13.3. The van der Waals surface area contributed by atoms with Crippen LogP contribution < -0.4 is 4.90 Å². The minimum atomic E-state index is -0.267. The van der Waals surface area contributed by atoms with Gasteiger partial charge in [-0.3, -0.25) is 0 Å². The number of nitrogens with zero attached hydrogens (tertiary/aromatic N) is 3. The average molecular weight is 794 g/mol. The van der Waals surface area contributed by atoms with E-state index in [0.29, 0.717) is 0 Å². The van der Waals surface area contributed by atoms with Crippen molar-refractivity contribution in [3.05, 3.63) is 199 Å². The van der Waals surface area contributed by atoms with Crippen LogP contribution in [0.2, 0.25) is 0 Å². The van der Waals surface area contributed by atoms with Crippen LogP contribution in [0.3, 0.4) is 0 Å². The van der Waals surface area contributed by atoms with Crippen molar-refractivity contribution in [2.45, 2.75) is 19.3 Å². The van der Waals surface area contributed by atoms with Crippen LogP contribution in [0.4, 0.5) is 17.1 Å². The summed E-state index contributed by atoms with van der Waals surface area (Å²) in [5.41, 5.74) is 16.0. The van der Waals surface area contributed by atoms with Crippen molar-refractivity contribution < 1.29 is 0 Å². The van der Waals surface area contributed by atoms with E-state index in [-0.39, 0.29) is 5.41 Å². The lowest BCUT2D eigenvalue weighted by molar-refractivity contribution is 0.661. The fraction of sp³-hybridized carbons (Fsp3) is 0.0847. The van der Waals surface area contributed by atoms with Crippen LogP contribution >= 0.6 is 0 Å². The van der Waals surface area contributed by atoms with Crippen molar-refractivity contribution in [2.24, 2.45) is 14.1 Å². The highest BCUT2D eigenvalue weighted by molar-refractivity contribution is 6.16. The van der Waals surface area contributed by atoms with Gasteiger partial charge in [-0.1, -0.05) is 141 Å². The predicted molar refractivity (Wildman–Crippen MR) is 265 cm³/mol. The molecule has 0 atom stereocenters. The number of para-hydroxylation sites is 2. The van der Waals surface area contributed by atoms with Gasteiger partial charge in [-0.2, -0.15) is 0 Å². The molecule has 12 aromatic rings. The van der Waals surface area contributed by atoms with Crippen molar-refractivity contribution in [2.75, 3.05) is 4.90 Å². The quantitative estimate of drug-likeness (QED) is 0.162. The third kappa shape index (κ3) is 4.76. The summed E-state index contributed by atoms with van der Waals surface area (Å²) in [6, 6.07) is 70.5. The summed E-state index contributed by atoms with van der Waals surface area (Å²) in [5, 5.41) is 12.7. The van der Waals surface area contributed by atoms with Gasteiger partial charge in [0.25, 0.3) is 0 Å². The Labute approximate surface area is 360 Å². The molecule has 0 saturated heterocycles. The first kappa shape index (κ1) is 35.2. The maximum absolute atomic E-state index is 2.52. The van der Waals surface area contributed by atoms with Gasteiger partial charge in [0.1, 0.15) is 0 Å². The molecule has 1 aliphatic carbocycles. The van der Waals surface area contributed by atoms with Crippen LogP contribution in [0.25, 0.3) is 98.2 Å². The maximum Gasteiger partial charge on any atom is 0.0543 e. The molecule has 0 N–H and O–H groups in total. The number of fused-ring (bicyclic) bond motifs is 14. The molecule has 0 bridgehead atoms. The van der Waals surface area contributed by atoms with Gasteiger partial charge in [-0.15, -0.1) is 0 Å². The maximum atomic E-state index is 2.52. The molecule has 3 heteroatoms. The lowest BCUT2D eigenvalue weighted by Gasteiger charge is -2.30. The fourth-order valence-electron chi connectivity index (χ4n) is 11.2. The van der Waals surface area contributed by atoms with Crippen LogP contribution in [-0.2, 0) is 19.5 Å². The van der Waals surface area contributed by atoms with E-state index in [2.05, 4.69) is 230 Å². The van der Waals surface area contributed by atoms with Crippen molar-refractivity contribution >= 4 is 93.0 Å². The first-order chi connectivity index (χ1) is 30.3. The Morgan fingerprint density at radius 1 is 0.371 bits per heavy atom. The van der Waals surface area contributed by atoms with Crippen LogP contribution in [0.15, 0.2) is 188 Å². The monoisotopic (exact) mass is 793 g/mol. The average Bonchev–Trinajstić information content (AvgIpc) is 3.86. The summed E-state index contributed by atoms with van der Waals surface area (Å²) in [6.07, 6.45) is 0. The Kier molecular flexibility index (Phi) is 7.20. The fourth-order valence-corrected chi connectivity index (χ4v) is 11.2. The number of aryl methyl sites for hydroxylation is 2. The molecule has 0 aliphatic heterocycles. The summed E-state index contributed by atoms with van der Waals surface area (Å²) < 4.78 is 4.66. The molecule has 0 amide bonds. The van der Waals surface area contributed by atoms with Crippen LogP contribution in [0.5, 0.6) is 0 Å². The van der Waals surface area contributed by atoms with E-state index in [0.717, 1.165) is 11.4 Å². The van der Waals surface area contributed by atoms with Gasteiger partial charge in [0.2, 0.25) is 0 Å². The van der Waals surface area contributed by atoms with Crippen LogP contribution in [0, 0.1) is 0 Å². The molecule has 0 fully saturated rings. The Morgan fingerprint density at radius 3 is 1.71 bits per heavy atom. The smallest absolute Gasteiger partial charge is 0.0543 e. The standard InChI is InChI=1S/C59H43N3/c1-59(2)51-32-37(49-31-36-15-5-6-16-40(36)41-17-7-8-18-42(41)49)25-28-48(51)58-47-22-10-9-20-44(47)57(35-52(58)59)62(38-27-30-55-50(33-38)45-21-12-14-24-54(45)60(55)3)39-26-29-46-43-19-11-13-23-53(43)61(4)56(46)34-39/h5-35H,1-4H3. The number of anilines is 3. The van der Waals surface area contributed by atoms with E-state index in [4.69, 9.17) is 0 Å². The van der Waals surface area contributed by atoms with Crippen molar-refractivity contribution in [1.29, 1.82) is 0 Å².